The van der Waals surface area contributed by atoms with Crippen LogP contribution in [0.5, 0.6) is 0 Å². The van der Waals surface area contributed by atoms with Gasteiger partial charge in [0.15, 0.2) is 0 Å². The zero-order chi connectivity index (χ0) is 9.91. The van der Waals surface area contributed by atoms with Crippen LogP contribution in [0.4, 0.5) is 0 Å². The maximum Gasteiger partial charge on any atom is 0.0667 e. The molecule has 76 valence electrons. The number of aliphatic hydroxyl groups excluding tert-OH is 1. The molecule has 2 heteroatoms. The lowest BCUT2D eigenvalue weighted by Gasteiger charge is -2.29. The van der Waals surface area contributed by atoms with Crippen LogP contribution >= 0.6 is 0 Å². The topological polar surface area (TPSA) is 46.2 Å². The Balaban J connectivity index is 2.15. The van der Waals surface area contributed by atoms with Crippen LogP contribution in [0.1, 0.15) is 40.0 Å². The van der Waals surface area contributed by atoms with Crippen molar-refractivity contribution < 1.29 is 5.11 Å². The normalized spacial score (nSPS) is 41.3. The number of aliphatic hydroxyl groups is 1. The average Bonchev–Trinajstić information content (AvgIpc) is 2.89. The Kier molecular flexibility index (Phi) is 1.67. The van der Waals surface area contributed by atoms with Crippen LogP contribution in [0.3, 0.4) is 0 Å². The molecule has 2 saturated carbocycles. The van der Waals surface area contributed by atoms with Gasteiger partial charge < -0.3 is 10.8 Å². The van der Waals surface area contributed by atoms with Gasteiger partial charge in [0.25, 0.3) is 0 Å². The molecule has 2 atom stereocenters. The van der Waals surface area contributed by atoms with E-state index < -0.39 is 0 Å². The van der Waals surface area contributed by atoms with E-state index in [1.165, 1.54) is 12.8 Å². The van der Waals surface area contributed by atoms with E-state index in [4.69, 9.17) is 5.73 Å². The molecule has 0 aliphatic heterocycles. The van der Waals surface area contributed by atoms with Gasteiger partial charge in [-0.05, 0) is 30.1 Å². The van der Waals surface area contributed by atoms with Gasteiger partial charge in [0.2, 0.25) is 0 Å². The van der Waals surface area contributed by atoms with Gasteiger partial charge in [-0.3, -0.25) is 0 Å². The highest BCUT2D eigenvalue weighted by Crippen LogP contribution is 2.70. The fraction of sp³-hybridized carbons (Fsp3) is 1.00. The quantitative estimate of drug-likeness (QED) is 0.697. The van der Waals surface area contributed by atoms with Crippen LogP contribution in [0, 0.1) is 16.2 Å². The molecule has 0 amide bonds. The van der Waals surface area contributed by atoms with Crippen molar-refractivity contribution in [2.24, 2.45) is 22.0 Å². The Morgan fingerprint density at radius 1 is 1.31 bits per heavy atom. The number of hydrogen-bond donors (Lipinski definition) is 2. The molecule has 0 bridgehead atoms. The van der Waals surface area contributed by atoms with E-state index in [1.54, 1.807) is 0 Å². The van der Waals surface area contributed by atoms with Crippen molar-refractivity contribution in [2.45, 2.75) is 46.1 Å². The van der Waals surface area contributed by atoms with Crippen molar-refractivity contribution in [3.63, 3.8) is 0 Å². The third-order valence-electron chi connectivity index (χ3n) is 4.57. The molecule has 2 aliphatic rings. The van der Waals surface area contributed by atoms with E-state index in [2.05, 4.69) is 20.8 Å². The van der Waals surface area contributed by atoms with E-state index in [-0.39, 0.29) is 22.3 Å². The second-order valence-corrected chi connectivity index (χ2v) is 5.98. The molecule has 0 radical (unpaired) electrons. The molecule has 2 rings (SSSR count). The average molecular weight is 183 g/mol. The maximum atomic E-state index is 10.3. The summed E-state index contributed by atoms with van der Waals surface area (Å²) in [5, 5.41) is 10.3. The molecule has 0 aromatic heterocycles. The monoisotopic (exact) mass is 183 g/mol. The first-order valence-corrected chi connectivity index (χ1v) is 5.26. The lowest BCUT2D eigenvalue weighted by Crippen LogP contribution is -2.39. The molecular formula is C11H21NO. The van der Waals surface area contributed by atoms with Crippen molar-refractivity contribution in [3.8, 4) is 0 Å². The molecule has 2 nitrogen and oxygen atoms in total. The first-order chi connectivity index (χ1) is 5.88. The van der Waals surface area contributed by atoms with E-state index >= 15 is 0 Å². The van der Waals surface area contributed by atoms with E-state index in [1.807, 2.05) is 0 Å². The summed E-state index contributed by atoms with van der Waals surface area (Å²) >= 11 is 0. The SMILES string of the molecule is CC1(C(O)C2(CN)CC2(C)C)CC1. The fourth-order valence-corrected chi connectivity index (χ4v) is 2.81. The predicted octanol–water partition coefficient (Wildman–Crippen LogP) is 1.52. The van der Waals surface area contributed by atoms with Crippen molar-refractivity contribution in [1.29, 1.82) is 0 Å². The molecule has 0 heterocycles. The molecular weight excluding hydrogens is 162 g/mol. The van der Waals surface area contributed by atoms with Gasteiger partial charge in [-0.15, -0.1) is 0 Å². The summed E-state index contributed by atoms with van der Waals surface area (Å²) in [6.45, 7) is 7.25. The van der Waals surface area contributed by atoms with Gasteiger partial charge in [-0.1, -0.05) is 20.8 Å². The number of hydrogen-bond acceptors (Lipinski definition) is 2. The van der Waals surface area contributed by atoms with Gasteiger partial charge in [0, 0.05) is 12.0 Å². The first kappa shape index (κ1) is 9.47. The summed E-state index contributed by atoms with van der Waals surface area (Å²) in [5.41, 5.74) is 6.28. The van der Waals surface area contributed by atoms with Crippen LogP contribution < -0.4 is 5.73 Å². The van der Waals surface area contributed by atoms with E-state index in [0.717, 1.165) is 6.42 Å². The molecule has 3 N–H and O–H groups in total. The second kappa shape index (κ2) is 2.29. The predicted molar refractivity (Wildman–Crippen MR) is 53.2 cm³/mol. The standard InChI is InChI=1S/C11H21NO/c1-9(2)6-11(9,7-12)8(13)10(3)4-5-10/h8,13H,4-7,12H2,1-3H3. The van der Waals surface area contributed by atoms with Gasteiger partial charge in [-0.2, -0.15) is 0 Å². The van der Waals surface area contributed by atoms with Crippen LogP contribution in [-0.4, -0.2) is 17.8 Å². The molecule has 0 spiro atoms. The van der Waals surface area contributed by atoms with Crippen LogP contribution in [0.2, 0.25) is 0 Å². The Morgan fingerprint density at radius 3 is 2.00 bits per heavy atom. The molecule has 0 saturated heterocycles. The van der Waals surface area contributed by atoms with Crippen LogP contribution in [0.25, 0.3) is 0 Å². The third-order valence-corrected chi connectivity index (χ3v) is 4.57. The number of nitrogens with two attached hydrogens (primary N) is 1. The highest BCUT2D eigenvalue weighted by atomic mass is 16.3. The highest BCUT2D eigenvalue weighted by molar-refractivity contribution is 5.19. The number of rotatable bonds is 3. The largest absolute Gasteiger partial charge is 0.392 e. The van der Waals surface area contributed by atoms with Gasteiger partial charge in [-0.25, -0.2) is 0 Å². The van der Waals surface area contributed by atoms with E-state index in [9.17, 15) is 5.11 Å². The minimum absolute atomic E-state index is 0.0260. The van der Waals surface area contributed by atoms with Gasteiger partial charge >= 0.3 is 0 Å². The lowest BCUT2D eigenvalue weighted by atomic mass is 9.81. The summed E-state index contributed by atoms with van der Waals surface area (Å²) in [6, 6.07) is 0. The van der Waals surface area contributed by atoms with Crippen LogP contribution in [-0.2, 0) is 0 Å². The molecule has 0 aromatic rings. The fourth-order valence-electron chi connectivity index (χ4n) is 2.81. The maximum absolute atomic E-state index is 10.3. The van der Waals surface area contributed by atoms with Crippen molar-refractivity contribution in [1.82, 2.24) is 0 Å². The smallest absolute Gasteiger partial charge is 0.0667 e. The Labute approximate surface area is 80.5 Å². The minimum atomic E-state index is -0.181. The molecule has 2 aliphatic carbocycles. The van der Waals surface area contributed by atoms with Gasteiger partial charge in [0.05, 0.1) is 6.10 Å². The Morgan fingerprint density at radius 2 is 1.77 bits per heavy atom. The summed E-state index contributed by atoms with van der Waals surface area (Å²) in [6.07, 6.45) is 3.26. The summed E-state index contributed by atoms with van der Waals surface area (Å²) in [5.74, 6) is 0. The minimum Gasteiger partial charge on any atom is -0.392 e. The summed E-state index contributed by atoms with van der Waals surface area (Å²) in [4.78, 5) is 0. The van der Waals surface area contributed by atoms with E-state index in [0.29, 0.717) is 6.54 Å². The molecule has 2 fully saturated rings. The zero-order valence-electron chi connectivity index (χ0n) is 8.93. The van der Waals surface area contributed by atoms with Gasteiger partial charge in [0.1, 0.15) is 0 Å². The van der Waals surface area contributed by atoms with Crippen LogP contribution in [0.15, 0.2) is 0 Å². The van der Waals surface area contributed by atoms with Crippen molar-refractivity contribution in [2.75, 3.05) is 6.54 Å². The van der Waals surface area contributed by atoms with Crippen molar-refractivity contribution in [3.05, 3.63) is 0 Å². The second-order valence-electron chi connectivity index (χ2n) is 5.98. The molecule has 0 aromatic carbocycles. The Bertz CT molecular complexity index is 232. The summed E-state index contributed by atoms with van der Waals surface area (Å²) < 4.78 is 0. The zero-order valence-corrected chi connectivity index (χ0v) is 8.93. The third kappa shape index (κ3) is 1.08. The lowest BCUT2D eigenvalue weighted by molar-refractivity contribution is 0.0180. The molecule has 2 unspecified atom stereocenters. The van der Waals surface area contributed by atoms with Crippen molar-refractivity contribution >= 4 is 0 Å². The first-order valence-electron chi connectivity index (χ1n) is 5.26. The highest BCUT2D eigenvalue weighted by Gasteiger charge is 2.68. The summed E-state index contributed by atoms with van der Waals surface area (Å²) in [7, 11) is 0. The Hall–Kier alpha value is -0.0800. The molecule has 13 heavy (non-hydrogen) atoms.